The summed E-state index contributed by atoms with van der Waals surface area (Å²) in [5.74, 6) is -0.400. The average molecular weight is 286 g/mol. The number of hydrogen-bond donors (Lipinski definition) is 1. The average Bonchev–Trinajstić information content (AvgIpc) is 2.73. The first-order chi connectivity index (χ1) is 8.81. The van der Waals surface area contributed by atoms with E-state index in [1.807, 2.05) is 0 Å². The second kappa shape index (κ2) is 6.51. The van der Waals surface area contributed by atoms with Gasteiger partial charge in [0.1, 0.15) is 15.5 Å². The molecule has 1 N–H and O–H groups in total. The van der Waals surface area contributed by atoms with Crippen molar-refractivity contribution in [1.82, 2.24) is 10.3 Å². The van der Waals surface area contributed by atoms with Crippen molar-refractivity contribution in [3.63, 3.8) is 0 Å². The lowest BCUT2D eigenvalue weighted by Gasteiger charge is -2.19. The molecule has 0 spiro atoms. The van der Waals surface area contributed by atoms with E-state index in [1.54, 1.807) is 27.7 Å². The lowest BCUT2D eigenvalue weighted by atomic mass is 10.2. The van der Waals surface area contributed by atoms with Gasteiger partial charge in [0.25, 0.3) is 0 Å². The molecule has 0 saturated heterocycles. The molecule has 0 aliphatic carbocycles. The molecular weight excluding hydrogens is 268 g/mol. The summed E-state index contributed by atoms with van der Waals surface area (Å²) in [6.45, 7) is 7.64. The van der Waals surface area contributed by atoms with Gasteiger partial charge in [-0.15, -0.1) is 11.3 Å². The van der Waals surface area contributed by atoms with Crippen molar-refractivity contribution in [1.29, 1.82) is 0 Å². The van der Waals surface area contributed by atoms with Crippen LogP contribution in [0, 0.1) is 0 Å². The quantitative estimate of drug-likeness (QED) is 0.860. The van der Waals surface area contributed by atoms with Crippen molar-refractivity contribution in [3.8, 4) is 0 Å². The minimum absolute atomic E-state index is 0.221. The Morgan fingerprint density at radius 3 is 2.68 bits per heavy atom. The van der Waals surface area contributed by atoms with E-state index in [0.717, 1.165) is 0 Å². The number of thiazole rings is 1. The minimum Gasteiger partial charge on any atom is -0.462 e. The van der Waals surface area contributed by atoms with E-state index in [9.17, 15) is 9.59 Å². The lowest BCUT2D eigenvalue weighted by molar-refractivity contribution is 0.0516. The number of rotatable bonds is 4. The van der Waals surface area contributed by atoms with Gasteiger partial charge < -0.3 is 14.8 Å². The standard InChI is InChI=1S/C12H18N2O4S/c1-5-17-10(15)8-6-13-9(19-8)7-14-11(16)18-12(2,3)4/h6H,5,7H2,1-4H3,(H,14,16). The first-order valence-corrected chi connectivity index (χ1v) is 6.72. The van der Waals surface area contributed by atoms with Gasteiger partial charge >= 0.3 is 12.1 Å². The molecule has 0 aromatic carbocycles. The van der Waals surface area contributed by atoms with Crippen molar-refractivity contribution in [3.05, 3.63) is 16.1 Å². The summed E-state index contributed by atoms with van der Waals surface area (Å²) in [6.07, 6.45) is 0.926. The molecule has 1 aromatic heterocycles. The van der Waals surface area contributed by atoms with Crippen molar-refractivity contribution < 1.29 is 19.1 Å². The Morgan fingerprint density at radius 1 is 1.42 bits per heavy atom. The van der Waals surface area contributed by atoms with E-state index in [-0.39, 0.29) is 6.54 Å². The van der Waals surface area contributed by atoms with Crippen LogP contribution in [0.2, 0.25) is 0 Å². The molecule has 19 heavy (non-hydrogen) atoms. The number of hydrogen-bond acceptors (Lipinski definition) is 6. The molecule has 0 aliphatic rings. The smallest absolute Gasteiger partial charge is 0.408 e. The number of amides is 1. The van der Waals surface area contributed by atoms with Crippen LogP contribution in [0.4, 0.5) is 4.79 Å². The van der Waals surface area contributed by atoms with E-state index in [4.69, 9.17) is 9.47 Å². The van der Waals surface area contributed by atoms with Gasteiger partial charge in [0.05, 0.1) is 19.3 Å². The summed E-state index contributed by atoms with van der Waals surface area (Å²) < 4.78 is 9.94. The maximum Gasteiger partial charge on any atom is 0.408 e. The zero-order valence-corrected chi connectivity index (χ0v) is 12.3. The Morgan fingerprint density at radius 2 is 2.11 bits per heavy atom. The summed E-state index contributed by atoms with van der Waals surface area (Å²) in [6, 6.07) is 0. The fourth-order valence-electron chi connectivity index (χ4n) is 1.15. The van der Waals surface area contributed by atoms with Gasteiger partial charge in [-0.3, -0.25) is 0 Å². The third-order valence-corrected chi connectivity index (χ3v) is 2.79. The van der Waals surface area contributed by atoms with Crippen LogP contribution in [-0.2, 0) is 16.0 Å². The Balaban J connectivity index is 2.46. The van der Waals surface area contributed by atoms with Gasteiger partial charge in [0.15, 0.2) is 0 Å². The van der Waals surface area contributed by atoms with Gasteiger partial charge in [-0.25, -0.2) is 14.6 Å². The van der Waals surface area contributed by atoms with Crippen LogP contribution in [0.25, 0.3) is 0 Å². The molecular formula is C12H18N2O4S. The van der Waals surface area contributed by atoms with Crippen LogP contribution < -0.4 is 5.32 Å². The number of nitrogens with one attached hydrogen (secondary N) is 1. The highest BCUT2D eigenvalue weighted by molar-refractivity contribution is 7.13. The highest BCUT2D eigenvalue weighted by Gasteiger charge is 2.17. The first kappa shape index (κ1) is 15.4. The van der Waals surface area contributed by atoms with E-state index in [0.29, 0.717) is 16.5 Å². The molecule has 1 aromatic rings. The molecule has 0 bridgehead atoms. The van der Waals surface area contributed by atoms with E-state index >= 15 is 0 Å². The topological polar surface area (TPSA) is 77.5 Å². The van der Waals surface area contributed by atoms with Gasteiger partial charge in [0.2, 0.25) is 0 Å². The number of alkyl carbamates (subject to hydrolysis) is 1. The third kappa shape index (κ3) is 5.69. The Labute approximate surface area is 116 Å². The molecule has 0 saturated carbocycles. The Hall–Kier alpha value is -1.63. The van der Waals surface area contributed by atoms with Crippen LogP contribution in [0.15, 0.2) is 6.20 Å². The highest BCUT2D eigenvalue weighted by atomic mass is 32.1. The number of nitrogens with zero attached hydrogens (tertiary/aromatic N) is 1. The van der Waals surface area contributed by atoms with Crippen molar-refractivity contribution in [2.75, 3.05) is 6.61 Å². The molecule has 0 radical (unpaired) electrons. The van der Waals surface area contributed by atoms with Crippen LogP contribution in [0.5, 0.6) is 0 Å². The van der Waals surface area contributed by atoms with E-state index < -0.39 is 17.7 Å². The van der Waals surface area contributed by atoms with E-state index in [2.05, 4.69) is 10.3 Å². The fourth-order valence-corrected chi connectivity index (χ4v) is 1.90. The maximum atomic E-state index is 11.4. The van der Waals surface area contributed by atoms with Crippen LogP contribution in [0.1, 0.15) is 42.4 Å². The predicted molar refractivity (Wildman–Crippen MR) is 71.1 cm³/mol. The monoisotopic (exact) mass is 286 g/mol. The lowest BCUT2D eigenvalue weighted by Crippen LogP contribution is -2.32. The molecule has 0 fully saturated rings. The predicted octanol–water partition coefficient (Wildman–Crippen LogP) is 2.34. The van der Waals surface area contributed by atoms with E-state index in [1.165, 1.54) is 17.5 Å². The second-order valence-corrected chi connectivity index (χ2v) is 5.81. The number of carbonyl (C=O) groups excluding carboxylic acids is 2. The first-order valence-electron chi connectivity index (χ1n) is 5.90. The maximum absolute atomic E-state index is 11.4. The SMILES string of the molecule is CCOC(=O)c1cnc(CNC(=O)OC(C)(C)C)s1. The van der Waals surface area contributed by atoms with Gasteiger partial charge in [-0.2, -0.15) is 0 Å². The zero-order valence-electron chi connectivity index (χ0n) is 11.5. The van der Waals surface area contributed by atoms with Crippen molar-refractivity contribution >= 4 is 23.4 Å². The minimum atomic E-state index is -0.539. The molecule has 1 amide bonds. The van der Waals surface area contributed by atoms with Crippen LogP contribution >= 0.6 is 11.3 Å². The summed E-state index contributed by atoms with van der Waals surface area (Å²) in [5.41, 5.74) is -0.539. The summed E-state index contributed by atoms with van der Waals surface area (Å²) in [4.78, 5) is 27.3. The summed E-state index contributed by atoms with van der Waals surface area (Å²) in [5, 5.41) is 3.19. The Kier molecular flexibility index (Phi) is 5.29. The summed E-state index contributed by atoms with van der Waals surface area (Å²) in [7, 11) is 0. The molecule has 0 unspecified atom stereocenters. The van der Waals surface area contributed by atoms with Gasteiger partial charge in [-0.05, 0) is 27.7 Å². The molecule has 1 heterocycles. The zero-order chi connectivity index (χ0) is 14.5. The Bertz CT molecular complexity index is 451. The fraction of sp³-hybridized carbons (Fsp3) is 0.583. The number of carbonyl (C=O) groups is 2. The van der Waals surface area contributed by atoms with Crippen molar-refractivity contribution in [2.45, 2.75) is 39.8 Å². The number of ether oxygens (including phenoxy) is 2. The van der Waals surface area contributed by atoms with Crippen molar-refractivity contribution in [2.24, 2.45) is 0 Å². The molecule has 1 rings (SSSR count). The molecule has 7 heteroatoms. The third-order valence-electron chi connectivity index (χ3n) is 1.81. The molecule has 106 valence electrons. The van der Waals surface area contributed by atoms with Gasteiger partial charge in [0, 0.05) is 0 Å². The number of esters is 1. The second-order valence-electron chi connectivity index (χ2n) is 4.69. The molecule has 0 atom stereocenters. The molecule has 0 aliphatic heterocycles. The van der Waals surface area contributed by atoms with Gasteiger partial charge in [-0.1, -0.05) is 0 Å². The summed E-state index contributed by atoms with van der Waals surface area (Å²) >= 11 is 1.18. The normalized spacial score (nSPS) is 10.9. The molecule has 6 nitrogen and oxygen atoms in total. The van der Waals surface area contributed by atoms with Crippen LogP contribution in [-0.4, -0.2) is 29.3 Å². The largest absolute Gasteiger partial charge is 0.462 e. The van der Waals surface area contributed by atoms with Crippen LogP contribution in [0.3, 0.4) is 0 Å². The highest BCUT2D eigenvalue weighted by Crippen LogP contribution is 2.14. The number of aromatic nitrogens is 1.